The summed E-state index contributed by atoms with van der Waals surface area (Å²) in [5.41, 5.74) is 3.78. The Balaban J connectivity index is 2.13. The Morgan fingerprint density at radius 3 is 2.88 bits per heavy atom. The van der Waals surface area contributed by atoms with Crippen molar-refractivity contribution in [2.45, 2.75) is 13.3 Å². The second kappa shape index (κ2) is 4.62. The number of carbonyl (C=O) groups is 1. The zero-order valence-corrected chi connectivity index (χ0v) is 10.5. The van der Waals surface area contributed by atoms with E-state index in [-0.39, 0.29) is 5.91 Å². The summed E-state index contributed by atoms with van der Waals surface area (Å²) in [5.74, 6) is 0.973. The first-order valence-electron chi connectivity index (χ1n) is 5.68. The monoisotopic (exact) mass is 231 g/mol. The first-order valence-corrected chi connectivity index (χ1v) is 5.68. The lowest BCUT2D eigenvalue weighted by Gasteiger charge is -2.15. The van der Waals surface area contributed by atoms with E-state index in [1.54, 1.807) is 18.9 Å². The van der Waals surface area contributed by atoms with E-state index in [9.17, 15) is 4.79 Å². The number of hydrogen-bond acceptors (Lipinski definition) is 2. The first kappa shape index (κ1) is 11.7. The first-order chi connectivity index (χ1) is 8.10. The number of amides is 1. The molecule has 0 radical (unpaired) electrons. The molecule has 0 fully saturated rings. The van der Waals surface area contributed by atoms with Gasteiger partial charge in [0.25, 0.3) is 0 Å². The molecule has 2 rings (SSSR count). The van der Waals surface area contributed by atoms with Gasteiger partial charge in [0, 0.05) is 20.5 Å². The van der Waals surface area contributed by atoms with Crippen molar-refractivity contribution in [3.63, 3.8) is 0 Å². The number of carbonyl (C=O) groups excluding carboxylic acids is 1. The van der Waals surface area contributed by atoms with Crippen LogP contribution in [0.1, 0.15) is 18.1 Å². The lowest BCUT2D eigenvalue weighted by atomic mass is 10.1. The van der Waals surface area contributed by atoms with Crippen molar-refractivity contribution in [2.75, 3.05) is 20.7 Å². The molecule has 3 heteroatoms. The van der Waals surface area contributed by atoms with Crippen LogP contribution < -0.4 is 4.74 Å². The number of benzene rings is 1. The van der Waals surface area contributed by atoms with Crippen LogP contribution in [0.3, 0.4) is 0 Å². The molecule has 1 aliphatic rings. The number of fused-ring (bicyclic) bond motifs is 1. The van der Waals surface area contributed by atoms with Gasteiger partial charge in [0.15, 0.2) is 0 Å². The summed E-state index contributed by atoms with van der Waals surface area (Å²) < 4.78 is 5.20. The van der Waals surface area contributed by atoms with Crippen molar-refractivity contribution in [2.24, 2.45) is 0 Å². The van der Waals surface area contributed by atoms with Crippen LogP contribution in [0.5, 0.6) is 5.75 Å². The topological polar surface area (TPSA) is 29.5 Å². The van der Waals surface area contributed by atoms with E-state index in [1.807, 2.05) is 19.2 Å². The second-order valence-electron chi connectivity index (χ2n) is 4.42. The quantitative estimate of drug-likeness (QED) is 0.797. The molecular weight excluding hydrogens is 214 g/mol. The Hall–Kier alpha value is -1.77. The standard InChI is InChI=1S/C14H17NO2/c1-10(16)15(2)9-11-6-12-4-5-14(17-3)8-13(12)7-11/h4-5,7-8H,6,9H2,1-3H3. The summed E-state index contributed by atoms with van der Waals surface area (Å²) in [4.78, 5) is 12.9. The highest BCUT2D eigenvalue weighted by atomic mass is 16.5. The third-order valence-electron chi connectivity index (χ3n) is 3.11. The van der Waals surface area contributed by atoms with Gasteiger partial charge in [0.2, 0.25) is 5.91 Å². The summed E-state index contributed by atoms with van der Waals surface area (Å²) in [7, 11) is 3.50. The number of likely N-dealkylation sites (N-methyl/N-ethyl adjacent to an activating group) is 1. The predicted octanol–water partition coefficient (Wildman–Crippen LogP) is 2.11. The smallest absolute Gasteiger partial charge is 0.219 e. The van der Waals surface area contributed by atoms with Crippen LogP contribution in [0, 0.1) is 0 Å². The van der Waals surface area contributed by atoms with Gasteiger partial charge in [-0.05, 0) is 35.3 Å². The molecule has 0 N–H and O–H groups in total. The van der Waals surface area contributed by atoms with Gasteiger partial charge < -0.3 is 9.64 Å². The second-order valence-corrected chi connectivity index (χ2v) is 4.42. The molecule has 17 heavy (non-hydrogen) atoms. The summed E-state index contributed by atoms with van der Waals surface area (Å²) in [5, 5.41) is 0. The maximum absolute atomic E-state index is 11.2. The molecule has 0 bridgehead atoms. The van der Waals surface area contributed by atoms with Gasteiger partial charge in [-0.15, -0.1) is 0 Å². The third-order valence-corrected chi connectivity index (χ3v) is 3.11. The molecular formula is C14H17NO2. The van der Waals surface area contributed by atoms with Gasteiger partial charge in [0.05, 0.1) is 7.11 Å². The maximum atomic E-state index is 11.2. The summed E-state index contributed by atoms with van der Waals surface area (Å²) >= 11 is 0. The molecule has 0 atom stereocenters. The molecule has 0 spiro atoms. The Morgan fingerprint density at radius 2 is 2.24 bits per heavy atom. The number of nitrogens with zero attached hydrogens (tertiary/aromatic N) is 1. The molecule has 3 nitrogen and oxygen atoms in total. The number of methoxy groups -OCH3 is 1. The van der Waals surface area contributed by atoms with Gasteiger partial charge in [-0.25, -0.2) is 0 Å². The SMILES string of the molecule is COc1ccc2c(c1)C=C(CN(C)C(C)=O)C2. The maximum Gasteiger partial charge on any atom is 0.219 e. The molecule has 1 amide bonds. The third kappa shape index (κ3) is 2.49. The normalized spacial score (nSPS) is 13.0. The van der Waals surface area contributed by atoms with E-state index in [4.69, 9.17) is 4.74 Å². The van der Waals surface area contributed by atoms with Crippen molar-refractivity contribution in [3.05, 3.63) is 34.9 Å². The fourth-order valence-corrected chi connectivity index (χ4v) is 2.03. The lowest BCUT2D eigenvalue weighted by molar-refractivity contribution is -0.127. The van der Waals surface area contributed by atoms with Crippen molar-refractivity contribution in [3.8, 4) is 5.75 Å². The van der Waals surface area contributed by atoms with Gasteiger partial charge >= 0.3 is 0 Å². The zero-order valence-electron chi connectivity index (χ0n) is 10.5. The van der Waals surface area contributed by atoms with Crippen LogP contribution in [0.2, 0.25) is 0 Å². The Morgan fingerprint density at radius 1 is 1.47 bits per heavy atom. The molecule has 0 saturated heterocycles. The molecule has 0 aliphatic heterocycles. The van der Waals surface area contributed by atoms with E-state index in [2.05, 4.69) is 12.1 Å². The van der Waals surface area contributed by atoms with Crippen LogP contribution in [-0.2, 0) is 11.2 Å². The highest BCUT2D eigenvalue weighted by Gasteiger charge is 2.15. The Kier molecular flexibility index (Phi) is 3.18. The van der Waals surface area contributed by atoms with E-state index in [0.717, 1.165) is 12.2 Å². The summed E-state index contributed by atoms with van der Waals surface area (Å²) in [6.07, 6.45) is 3.08. The number of hydrogen-bond donors (Lipinski definition) is 0. The zero-order chi connectivity index (χ0) is 12.4. The number of ether oxygens (including phenoxy) is 1. The van der Waals surface area contributed by atoms with Crippen molar-refractivity contribution < 1.29 is 9.53 Å². The van der Waals surface area contributed by atoms with Crippen LogP contribution in [0.15, 0.2) is 23.8 Å². The van der Waals surface area contributed by atoms with Gasteiger partial charge in [-0.3, -0.25) is 4.79 Å². The van der Waals surface area contributed by atoms with E-state index in [1.165, 1.54) is 16.7 Å². The Labute approximate surface area is 102 Å². The van der Waals surface area contributed by atoms with Crippen molar-refractivity contribution in [1.82, 2.24) is 4.90 Å². The van der Waals surface area contributed by atoms with Crippen LogP contribution in [0.4, 0.5) is 0 Å². The summed E-state index contributed by atoms with van der Waals surface area (Å²) in [6, 6.07) is 6.10. The molecule has 90 valence electrons. The molecule has 1 aliphatic carbocycles. The average Bonchev–Trinajstić information content (AvgIpc) is 2.69. The fraction of sp³-hybridized carbons (Fsp3) is 0.357. The molecule has 0 saturated carbocycles. The minimum atomic E-state index is 0.0967. The summed E-state index contributed by atoms with van der Waals surface area (Å²) in [6.45, 7) is 2.29. The van der Waals surface area contributed by atoms with Gasteiger partial charge in [0.1, 0.15) is 5.75 Å². The predicted molar refractivity (Wildman–Crippen MR) is 68.0 cm³/mol. The van der Waals surface area contributed by atoms with Crippen molar-refractivity contribution in [1.29, 1.82) is 0 Å². The molecule has 1 aromatic carbocycles. The highest BCUT2D eigenvalue weighted by molar-refractivity contribution is 5.74. The lowest BCUT2D eigenvalue weighted by Crippen LogP contribution is -2.26. The van der Waals surface area contributed by atoms with Gasteiger partial charge in [-0.1, -0.05) is 12.1 Å². The average molecular weight is 231 g/mol. The van der Waals surface area contributed by atoms with Crippen LogP contribution >= 0.6 is 0 Å². The molecule has 0 aromatic heterocycles. The molecule has 1 aromatic rings. The van der Waals surface area contributed by atoms with E-state index >= 15 is 0 Å². The molecule has 0 heterocycles. The minimum absolute atomic E-state index is 0.0967. The fourth-order valence-electron chi connectivity index (χ4n) is 2.03. The number of rotatable bonds is 3. The van der Waals surface area contributed by atoms with Crippen molar-refractivity contribution >= 4 is 12.0 Å². The minimum Gasteiger partial charge on any atom is -0.497 e. The van der Waals surface area contributed by atoms with Crippen LogP contribution in [0.25, 0.3) is 6.08 Å². The van der Waals surface area contributed by atoms with E-state index in [0.29, 0.717) is 6.54 Å². The molecule has 0 unspecified atom stereocenters. The van der Waals surface area contributed by atoms with E-state index < -0.39 is 0 Å². The highest BCUT2D eigenvalue weighted by Crippen LogP contribution is 2.28. The van der Waals surface area contributed by atoms with Crippen LogP contribution in [-0.4, -0.2) is 31.5 Å². The Bertz CT molecular complexity index is 477. The van der Waals surface area contributed by atoms with Gasteiger partial charge in [-0.2, -0.15) is 0 Å². The largest absolute Gasteiger partial charge is 0.497 e.